The first-order valence-corrected chi connectivity index (χ1v) is 5.77. The van der Waals surface area contributed by atoms with Crippen LogP contribution in [0.25, 0.3) is 0 Å². The second-order valence-corrected chi connectivity index (χ2v) is 4.51. The Bertz CT molecular complexity index is 348. The van der Waals surface area contributed by atoms with Gasteiger partial charge in [0.2, 0.25) is 0 Å². The molecule has 0 unspecified atom stereocenters. The lowest BCUT2D eigenvalue weighted by Gasteiger charge is -2.10. The average Bonchev–Trinajstić information content (AvgIpc) is 2.07. The van der Waals surface area contributed by atoms with Gasteiger partial charge in [0.25, 0.3) is 0 Å². The van der Waals surface area contributed by atoms with E-state index in [1.807, 2.05) is 0 Å². The molecular formula is C8H5F4IS. The molecule has 0 nitrogen and oxygen atoms in total. The fraction of sp³-hybridized carbons (Fsp3) is 0.250. The molecule has 6 heteroatoms. The summed E-state index contributed by atoms with van der Waals surface area (Å²) in [6.07, 6.45) is -2.99. The molecule has 0 spiro atoms. The van der Waals surface area contributed by atoms with Crippen LogP contribution in [0.3, 0.4) is 0 Å². The lowest BCUT2D eigenvalue weighted by molar-refractivity contribution is -0.140. The molecule has 1 rings (SSSR count). The molecule has 0 aliphatic rings. The molecule has 0 amide bonds. The van der Waals surface area contributed by atoms with Crippen LogP contribution in [0.5, 0.6) is 0 Å². The Hall–Kier alpha value is 0.0200. The Kier molecular flexibility index (Phi) is 3.68. The molecule has 78 valence electrons. The highest BCUT2D eigenvalue weighted by Gasteiger charge is 2.35. The molecule has 0 fully saturated rings. The summed E-state index contributed by atoms with van der Waals surface area (Å²) in [5.41, 5.74) is -1.20. The van der Waals surface area contributed by atoms with Crippen molar-refractivity contribution in [2.24, 2.45) is 0 Å². The van der Waals surface area contributed by atoms with E-state index in [-0.39, 0.29) is 3.57 Å². The predicted molar refractivity (Wildman–Crippen MR) is 55.9 cm³/mol. The quantitative estimate of drug-likeness (QED) is 0.421. The van der Waals surface area contributed by atoms with Gasteiger partial charge in [-0.3, -0.25) is 0 Å². The van der Waals surface area contributed by atoms with Gasteiger partial charge in [-0.2, -0.15) is 13.2 Å². The number of rotatable bonds is 1. The van der Waals surface area contributed by atoms with Crippen LogP contribution in [0.2, 0.25) is 0 Å². The number of hydrogen-bond acceptors (Lipinski definition) is 1. The second kappa shape index (κ2) is 4.26. The van der Waals surface area contributed by atoms with Crippen molar-refractivity contribution in [2.45, 2.75) is 11.1 Å². The minimum absolute atomic E-state index is 0.0122. The van der Waals surface area contributed by atoms with E-state index in [0.717, 1.165) is 17.8 Å². The normalized spacial score (nSPS) is 11.9. The fourth-order valence-corrected chi connectivity index (χ4v) is 2.20. The smallest absolute Gasteiger partial charge is 0.205 e. The Labute approximate surface area is 96.2 Å². The molecule has 0 atom stereocenters. The summed E-state index contributed by atoms with van der Waals surface area (Å²) in [4.78, 5) is 0.406. The highest BCUT2D eigenvalue weighted by atomic mass is 127. The molecule has 1 aromatic carbocycles. The lowest BCUT2D eigenvalue weighted by Crippen LogP contribution is -2.09. The minimum Gasteiger partial charge on any atom is -0.205 e. The maximum Gasteiger partial charge on any atom is 0.419 e. The van der Waals surface area contributed by atoms with Crippen LogP contribution in [0.4, 0.5) is 17.6 Å². The van der Waals surface area contributed by atoms with E-state index in [4.69, 9.17) is 0 Å². The zero-order valence-electron chi connectivity index (χ0n) is 6.95. The minimum atomic E-state index is -4.63. The van der Waals surface area contributed by atoms with Gasteiger partial charge in [-0.05, 0) is 41.0 Å². The van der Waals surface area contributed by atoms with E-state index >= 15 is 0 Å². The highest BCUT2D eigenvalue weighted by molar-refractivity contribution is 14.1. The average molecular weight is 336 g/mol. The topological polar surface area (TPSA) is 0 Å². The number of thioether (sulfide) groups is 1. The van der Waals surface area contributed by atoms with Crippen LogP contribution >= 0.6 is 34.4 Å². The molecule has 1 aromatic rings. The van der Waals surface area contributed by atoms with Gasteiger partial charge in [-0.1, -0.05) is 0 Å². The fourth-order valence-electron chi connectivity index (χ4n) is 0.888. The zero-order chi connectivity index (χ0) is 10.9. The van der Waals surface area contributed by atoms with E-state index in [2.05, 4.69) is 0 Å². The molecular weight excluding hydrogens is 331 g/mol. The summed E-state index contributed by atoms with van der Waals surface area (Å²) >= 11 is 2.70. The molecule has 0 aromatic heterocycles. The number of benzene rings is 1. The Morgan fingerprint density at radius 1 is 1.29 bits per heavy atom. The Morgan fingerprint density at radius 3 is 2.29 bits per heavy atom. The first-order chi connectivity index (χ1) is 6.36. The van der Waals surface area contributed by atoms with Crippen molar-refractivity contribution < 1.29 is 17.6 Å². The van der Waals surface area contributed by atoms with Crippen LogP contribution in [0, 0.1) is 9.39 Å². The van der Waals surface area contributed by atoms with Crippen molar-refractivity contribution in [3.05, 3.63) is 27.1 Å². The summed E-state index contributed by atoms with van der Waals surface area (Å²) in [5, 5.41) is 0. The van der Waals surface area contributed by atoms with E-state index in [9.17, 15) is 17.6 Å². The zero-order valence-corrected chi connectivity index (χ0v) is 9.93. The van der Waals surface area contributed by atoms with Crippen molar-refractivity contribution >= 4 is 34.4 Å². The largest absolute Gasteiger partial charge is 0.419 e. The number of halogens is 5. The molecule has 0 aliphatic carbocycles. The monoisotopic (exact) mass is 336 g/mol. The van der Waals surface area contributed by atoms with Crippen molar-refractivity contribution in [1.29, 1.82) is 0 Å². The first-order valence-electron chi connectivity index (χ1n) is 3.46. The van der Waals surface area contributed by atoms with Gasteiger partial charge in [-0.15, -0.1) is 11.8 Å². The third-order valence-electron chi connectivity index (χ3n) is 1.54. The summed E-state index contributed by atoms with van der Waals surface area (Å²) in [6, 6.07) is 2.21. The highest BCUT2D eigenvalue weighted by Crippen LogP contribution is 2.35. The van der Waals surface area contributed by atoms with Gasteiger partial charge in [-0.25, -0.2) is 4.39 Å². The first kappa shape index (κ1) is 12.1. The van der Waals surface area contributed by atoms with Gasteiger partial charge in [0.05, 0.1) is 9.13 Å². The maximum absolute atomic E-state index is 13.1. The summed E-state index contributed by atoms with van der Waals surface area (Å²) in [6.45, 7) is 0. The van der Waals surface area contributed by atoms with Gasteiger partial charge in [0, 0.05) is 4.90 Å². The standard InChI is InChI=1S/C8H5F4IS/c1-14-4-2-5(8(10,11)12)7(9)6(13)3-4/h2-3H,1H3. The molecule has 14 heavy (non-hydrogen) atoms. The van der Waals surface area contributed by atoms with Gasteiger partial charge < -0.3 is 0 Å². The van der Waals surface area contributed by atoms with E-state index < -0.39 is 17.6 Å². The van der Waals surface area contributed by atoms with Crippen LogP contribution in [0.15, 0.2) is 17.0 Å². The summed E-state index contributed by atoms with van der Waals surface area (Å²) in [5.74, 6) is -1.20. The number of alkyl halides is 3. The molecule has 0 saturated heterocycles. The predicted octanol–water partition coefficient (Wildman–Crippen LogP) is 4.17. The molecule has 0 heterocycles. The van der Waals surface area contributed by atoms with Gasteiger partial charge in [0.1, 0.15) is 5.82 Å². The van der Waals surface area contributed by atoms with Crippen molar-refractivity contribution in [3.8, 4) is 0 Å². The third kappa shape index (κ3) is 2.53. The lowest BCUT2D eigenvalue weighted by atomic mass is 10.2. The second-order valence-electron chi connectivity index (χ2n) is 2.47. The Morgan fingerprint density at radius 2 is 1.86 bits per heavy atom. The van der Waals surface area contributed by atoms with Crippen molar-refractivity contribution in [2.75, 3.05) is 6.26 Å². The maximum atomic E-state index is 13.1. The van der Waals surface area contributed by atoms with E-state index in [1.54, 1.807) is 28.8 Å². The molecule has 0 bridgehead atoms. The van der Waals surface area contributed by atoms with Crippen LogP contribution < -0.4 is 0 Å². The van der Waals surface area contributed by atoms with Gasteiger partial charge in [0.15, 0.2) is 0 Å². The Balaban J connectivity index is 3.35. The molecule has 0 radical (unpaired) electrons. The summed E-state index contributed by atoms with van der Waals surface area (Å²) < 4.78 is 49.9. The summed E-state index contributed by atoms with van der Waals surface area (Å²) in [7, 11) is 0. The van der Waals surface area contributed by atoms with E-state index in [1.165, 1.54) is 6.07 Å². The molecule has 0 saturated carbocycles. The van der Waals surface area contributed by atoms with Crippen LogP contribution in [-0.4, -0.2) is 6.26 Å². The molecule has 0 aliphatic heterocycles. The van der Waals surface area contributed by atoms with Crippen LogP contribution in [0.1, 0.15) is 5.56 Å². The van der Waals surface area contributed by atoms with Crippen LogP contribution in [-0.2, 0) is 6.18 Å². The van der Waals surface area contributed by atoms with E-state index in [0.29, 0.717) is 4.90 Å². The SMILES string of the molecule is CSc1cc(I)c(F)c(C(F)(F)F)c1. The molecule has 0 N–H and O–H groups in total. The number of hydrogen-bond donors (Lipinski definition) is 0. The van der Waals surface area contributed by atoms with Crippen molar-refractivity contribution in [3.63, 3.8) is 0 Å². The van der Waals surface area contributed by atoms with Gasteiger partial charge >= 0.3 is 6.18 Å². The third-order valence-corrected chi connectivity index (χ3v) is 3.03. The van der Waals surface area contributed by atoms with Crippen molar-refractivity contribution in [1.82, 2.24) is 0 Å².